The zero-order valence-corrected chi connectivity index (χ0v) is 17.9. The molecule has 1 aromatic heterocycles. The van der Waals surface area contributed by atoms with Crippen molar-refractivity contribution in [3.05, 3.63) is 94.3 Å². The lowest BCUT2D eigenvalue weighted by atomic mass is 10.0. The molecule has 0 amide bonds. The first-order valence-electron chi connectivity index (χ1n) is 10.8. The van der Waals surface area contributed by atoms with Crippen LogP contribution in [0.4, 0.5) is 18.9 Å². The number of nitrogens with one attached hydrogen (secondary N) is 1. The van der Waals surface area contributed by atoms with Gasteiger partial charge < -0.3 is 5.11 Å². The van der Waals surface area contributed by atoms with E-state index in [2.05, 4.69) is 27.5 Å². The van der Waals surface area contributed by atoms with E-state index in [-0.39, 0.29) is 6.61 Å². The van der Waals surface area contributed by atoms with E-state index in [9.17, 15) is 18.3 Å². The second-order valence-corrected chi connectivity index (χ2v) is 8.84. The standard InChI is InChI=1S/C25H24F3N3O2/c26-25(27,28)21-7-5-17(6-8-21)13-31-14-20-9-22(12-29-23(20)15-31)30-33-24(16-32)10-18-3-1-2-4-19(18)11-24/h1-9,12,30,32H,10-11,13-16H2. The predicted octanol–water partition coefficient (Wildman–Crippen LogP) is 4.49. The molecular formula is C25H24F3N3O2. The molecule has 0 atom stereocenters. The minimum absolute atomic E-state index is 0.103. The van der Waals surface area contributed by atoms with Crippen molar-refractivity contribution in [3.8, 4) is 0 Å². The third kappa shape index (κ3) is 4.59. The summed E-state index contributed by atoms with van der Waals surface area (Å²) in [5.74, 6) is 0. The molecule has 0 spiro atoms. The third-order valence-electron chi connectivity index (χ3n) is 6.33. The second-order valence-electron chi connectivity index (χ2n) is 8.84. The van der Waals surface area contributed by atoms with Crippen LogP contribution in [0, 0.1) is 0 Å². The van der Waals surface area contributed by atoms with Gasteiger partial charge in [0.2, 0.25) is 0 Å². The molecule has 5 rings (SSSR count). The highest BCUT2D eigenvalue weighted by molar-refractivity contribution is 5.45. The molecule has 33 heavy (non-hydrogen) atoms. The molecule has 1 aliphatic carbocycles. The van der Waals surface area contributed by atoms with Crippen LogP contribution in [0.3, 0.4) is 0 Å². The first-order chi connectivity index (χ1) is 15.8. The molecule has 0 saturated heterocycles. The van der Waals surface area contributed by atoms with Crippen LogP contribution in [0.15, 0.2) is 60.8 Å². The Morgan fingerprint density at radius 2 is 1.70 bits per heavy atom. The van der Waals surface area contributed by atoms with Gasteiger partial charge in [-0.2, -0.15) is 13.2 Å². The molecule has 2 aromatic carbocycles. The Balaban J connectivity index is 1.20. The number of rotatable bonds is 6. The average molecular weight is 455 g/mol. The van der Waals surface area contributed by atoms with E-state index in [1.807, 2.05) is 18.2 Å². The van der Waals surface area contributed by atoms with Crippen LogP contribution in [0.2, 0.25) is 0 Å². The minimum Gasteiger partial charge on any atom is -0.393 e. The van der Waals surface area contributed by atoms with E-state index < -0.39 is 17.3 Å². The topological polar surface area (TPSA) is 57.6 Å². The van der Waals surface area contributed by atoms with Gasteiger partial charge in [0.05, 0.1) is 29.7 Å². The zero-order valence-electron chi connectivity index (χ0n) is 17.9. The summed E-state index contributed by atoms with van der Waals surface area (Å²) in [6.07, 6.45) is -1.36. The SMILES string of the molecule is OCC1(ONc2cnc3c(c2)CN(Cc2ccc(C(F)(F)F)cc2)C3)Cc2ccccc2C1. The van der Waals surface area contributed by atoms with Crippen LogP contribution in [0.25, 0.3) is 0 Å². The van der Waals surface area contributed by atoms with Gasteiger partial charge in [0.1, 0.15) is 5.60 Å². The Kier molecular flexibility index (Phi) is 5.60. The maximum absolute atomic E-state index is 12.8. The number of benzene rings is 2. The molecule has 2 N–H and O–H groups in total. The molecule has 8 heteroatoms. The highest BCUT2D eigenvalue weighted by atomic mass is 19.4. The molecule has 0 fully saturated rings. The maximum atomic E-state index is 12.8. The van der Waals surface area contributed by atoms with Crippen molar-refractivity contribution in [2.45, 2.75) is 44.3 Å². The number of pyridine rings is 1. The molecule has 1 aliphatic heterocycles. The summed E-state index contributed by atoms with van der Waals surface area (Å²) in [6.45, 7) is 1.72. The van der Waals surface area contributed by atoms with E-state index >= 15 is 0 Å². The number of aromatic nitrogens is 1. The van der Waals surface area contributed by atoms with E-state index in [4.69, 9.17) is 4.84 Å². The number of halogens is 3. The van der Waals surface area contributed by atoms with Crippen molar-refractivity contribution in [1.29, 1.82) is 0 Å². The zero-order chi connectivity index (χ0) is 23.1. The van der Waals surface area contributed by atoms with Crippen molar-refractivity contribution in [3.63, 3.8) is 0 Å². The summed E-state index contributed by atoms with van der Waals surface area (Å²) >= 11 is 0. The molecule has 5 nitrogen and oxygen atoms in total. The summed E-state index contributed by atoms with van der Waals surface area (Å²) in [7, 11) is 0. The van der Waals surface area contributed by atoms with Gasteiger partial charge in [0.15, 0.2) is 0 Å². The third-order valence-corrected chi connectivity index (χ3v) is 6.33. The van der Waals surface area contributed by atoms with Gasteiger partial charge in [-0.25, -0.2) is 0 Å². The fourth-order valence-corrected chi connectivity index (χ4v) is 4.59. The highest BCUT2D eigenvalue weighted by Crippen LogP contribution is 2.34. The van der Waals surface area contributed by atoms with Crippen molar-refractivity contribution in [2.75, 3.05) is 12.1 Å². The van der Waals surface area contributed by atoms with Crippen molar-refractivity contribution in [2.24, 2.45) is 0 Å². The number of aliphatic hydroxyl groups excluding tert-OH is 1. The quantitative estimate of drug-likeness (QED) is 0.537. The Hall–Kier alpha value is -2.94. The monoisotopic (exact) mass is 455 g/mol. The fourth-order valence-electron chi connectivity index (χ4n) is 4.59. The Bertz CT molecular complexity index is 1120. The van der Waals surface area contributed by atoms with Crippen LogP contribution in [0.5, 0.6) is 0 Å². The first kappa shape index (κ1) is 21.9. The van der Waals surface area contributed by atoms with E-state index in [1.165, 1.54) is 23.3 Å². The maximum Gasteiger partial charge on any atom is 0.416 e. The molecule has 0 unspecified atom stereocenters. The number of nitrogens with zero attached hydrogens (tertiary/aromatic N) is 2. The molecule has 0 bridgehead atoms. The van der Waals surface area contributed by atoms with Crippen LogP contribution in [-0.4, -0.2) is 27.2 Å². The molecule has 0 saturated carbocycles. The van der Waals surface area contributed by atoms with Gasteiger partial charge in [-0.3, -0.25) is 20.2 Å². The number of anilines is 1. The summed E-state index contributed by atoms with van der Waals surface area (Å²) in [4.78, 5) is 12.7. The molecule has 0 radical (unpaired) electrons. The lowest BCUT2D eigenvalue weighted by molar-refractivity contribution is -0.137. The summed E-state index contributed by atoms with van der Waals surface area (Å²) < 4.78 is 38.3. The molecule has 2 heterocycles. The lowest BCUT2D eigenvalue weighted by Crippen LogP contribution is -2.39. The summed E-state index contributed by atoms with van der Waals surface area (Å²) in [5.41, 5.74) is 7.50. The van der Waals surface area contributed by atoms with Crippen LogP contribution in [0.1, 0.15) is 33.5 Å². The van der Waals surface area contributed by atoms with Crippen LogP contribution >= 0.6 is 0 Å². The normalized spacial score (nSPS) is 17.1. The van der Waals surface area contributed by atoms with Crippen LogP contribution < -0.4 is 5.48 Å². The van der Waals surface area contributed by atoms with Gasteiger partial charge in [-0.05, 0) is 40.5 Å². The second kappa shape index (κ2) is 8.44. The van der Waals surface area contributed by atoms with E-state index in [0.717, 1.165) is 29.0 Å². The Labute approximate surface area is 189 Å². The number of alkyl halides is 3. The number of aliphatic hydroxyl groups is 1. The van der Waals surface area contributed by atoms with Crippen LogP contribution in [-0.2, 0) is 43.5 Å². The Morgan fingerprint density at radius 1 is 1.00 bits per heavy atom. The molecule has 172 valence electrons. The first-order valence-corrected chi connectivity index (χ1v) is 10.8. The van der Waals surface area contributed by atoms with Crippen molar-refractivity contribution >= 4 is 5.69 Å². The fraction of sp³-hybridized carbons (Fsp3) is 0.320. The Morgan fingerprint density at radius 3 is 2.33 bits per heavy atom. The highest BCUT2D eigenvalue weighted by Gasteiger charge is 2.38. The predicted molar refractivity (Wildman–Crippen MR) is 117 cm³/mol. The van der Waals surface area contributed by atoms with E-state index in [1.54, 1.807) is 6.20 Å². The van der Waals surface area contributed by atoms with Gasteiger partial charge in [-0.15, -0.1) is 0 Å². The molecular weight excluding hydrogens is 431 g/mol. The largest absolute Gasteiger partial charge is 0.416 e. The minimum atomic E-state index is -4.33. The number of hydrogen-bond donors (Lipinski definition) is 2. The van der Waals surface area contributed by atoms with Crippen molar-refractivity contribution < 1.29 is 23.1 Å². The summed E-state index contributed by atoms with van der Waals surface area (Å²) in [6, 6.07) is 15.3. The molecule has 3 aromatic rings. The smallest absolute Gasteiger partial charge is 0.393 e. The van der Waals surface area contributed by atoms with Gasteiger partial charge in [0.25, 0.3) is 0 Å². The summed E-state index contributed by atoms with van der Waals surface area (Å²) in [5, 5.41) is 10.0. The van der Waals surface area contributed by atoms with Gasteiger partial charge in [-0.1, -0.05) is 36.4 Å². The number of hydrogen-bond acceptors (Lipinski definition) is 5. The average Bonchev–Trinajstić information content (AvgIpc) is 3.38. The van der Waals surface area contributed by atoms with E-state index in [0.29, 0.717) is 38.2 Å². The lowest BCUT2D eigenvalue weighted by Gasteiger charge is -2.26. The number of fused-ring (bicyclic) bond motifs is 2. The van der Waals surface area contributed by atoms with Crippen molar-refractivity contribution in [1.82, 2.24) is 9.88 Å². The van der Waals surface area contributed by atoms with Gasteiger partial charge >= 0.3 is 6.18 Å². The molecule has 2 aliphatic rings. The van der Waals surface area contributed by atoms with Gasteiger partial charge in [0, 0.05) is 32.5 Å².